The van der Waals surface area contributed by atoms with E-state index in [0.717, 1.165) is 25.7 Å². The average molecular weight is 312 g/mol. The average Bonchev–Trinajstić information content (AvgIpc) is 2.97. The fourth-order valence-electron chi connectivity index (χ4n) is 3.89. The number of halogens is 2. The summed E-state index contributed by atoms with van der Waals surface area (Å²) >= 11 is 5.85. The molecule has 0 aromatic heterocycles. The van der Waals surface area contributed by atoms with Crippen LogP contribution in [0, 0.1) is 17.7 Å². The molecular weight excluding hydrogens is 293 g/mol. The van der Waals surface area contributed by atoms with Crippen LogP contribution in [0.1, 0.15) is 36.0 Å². The van der Waals surface area contributed by atoms with E-state index < -0.39 is 5.82 Å². The zero-order valence-corrected chi connectivity index (χ0v) is 12.7. The maximum Gasteiger partial charge on any atom is 0.256 e. The highest BCUT2D eigenvalue weighted by Gasteiger charge is 2.43. The molecule has 0 spiro atoms. The van der Waals surface area contributed by atoms with E-state index in [0.29, 0.717) is 16.9 Å². The van der Waals surface area contributed by atoms with Crippen molar-refractivity contribution in [3.8, 4) is 0 Å². The first-order chi connectivity index (χ1) is 9.95. The van der Waals surface area contributed by atoms with Crippen molar-refractivity contribution in [3.05, 3.63) is 34.6 Å². The molecule has 0 heterocycles. The molecule has 0 radical (unpaired) electrons. The largest absolute Gasteiger partial charge is 0.393 e. The molecule has 114 valence electrons. The van der Waals surface area contributed by atoms with Gasteiger partial charge in [0.05, 0.1) is 11.7 Å². The second kappa shape index (κ2) is 5.58. The number of aliphatic hydroxyl groups is 1. The first-order valence-corrected chi connectivity index (χ1v) is 7.73. The van der Waals surface area contributed by atoms with Gasteiger partial charge in [-0.3, -0.25) is 4.79 Å². The Morgan fingerprint density at radius 2 is 1.90 bits per heavy atom. The van der Waals surface area contributed by atoms with Crippen LogP contribution in [0.4, 0.5) is 4.39 Å². The molecule has 21 heavy (non-hydrogen) atoms. The molecule has 0 aliphatic heterocycles. The highest BCUT2D eigenvalue weighted by atomic mass is 35.5. The van der Waals surface area contributed by atoms with E-state index in [2.05, 4.69) is 0 Å². The molecule has 3 rings (SSSR count). The Balaban J connectivity index is 1.72. The minimum atomic E-state index is -0.537. The fourth-order valence-corrected chi connectivity index (χ4v) is 4.06. The number of hydrogen-bond acceptors (Lipinski definition) is 2. The van der Waals surface area contributed by atoms with E-state index in [1.807, 2.05) is 0 Å². The van der Waals surface area contributed by atoms with Crippen molar-refractivity contribution < 1.29 is 14.3 Å². The summed E-state index contributed by atoms with van der Waals surface area (Å²) in [5, 5.41) is 10.0. The summed E-state index contributed by atoms with van der Waals surface area (Å²) in [4.78, 5) is 14.1. The number of hydrogen-bond donors (Lipinski definition) is 1. The molecule has 1 aromatic rings. The Morgan fingerprint density at radius 3 is 2.52 bits per heavy atom. The van der Waals surface area contributed by atoms with Crippen molar-refractivity contribution in [2.75, 3.05) is 7.05 Å². The van der Waals surface area contributed by atoms with E-state index in [9.17, 15) is 14.3 Å². The first-order valence-electron chi connectivity index (χ1n) is 7.36. The molecule has 2 fully saturated rings. The summed E-state index contributed by atoms with van der Waals surface area (Å²) in [6, 6.07) is 4.17. The maximum atomic E-state index is 13.8. The van der Waals surface area contributed by atoms with E-state index in [4.69, 9.17) is 11.6 Å². The van der Waals surface area contributed by atoms with Crippen LogP contribution in [0.5, 0.6) is 0 Å². The Labute approximate surface area is 128 Å². The van der Waals surface area contributed by atoms with Gasteiger partial charge in [0.2, 0.25) is 0 Å². The summed E-state index contributed by atoms with van der Waals surface area (Å²) < 4.78 is 13.8. The highest BCUT2D eigenvalue weighted by Crippen LogP contribution is 2.45. The number of amides is 1. The quantitative estimate of drug-likeness (QED) is 0.911. The first kappa shape index (κ1) is 14.8. The molecule has 3 nitrogen and oxygen atoms in total. The Kier molecular flexibility index (Phi) is 3.93. The van der Waals surface area contributed by atoms with Gasteiger partial charge in [0.25, 0.3) is 5.91 Å². The van der Waals surface area contributed by atoms with Gasteiger partial charge in [-0.05, 0) is 55.7 Å². The summed E-state index contributed by atoms with van der Waals surface area (Å²) in [7, 11) is 1.73. The molecule has 0 saturated heterocycles. The second-order valence-corrected chi connectivity index (χ2v) is 6.75. The number of aliphatic hydroxyl groups excluding tert-OH is 1. The number of nitrogens with zero attached hydrogens (tertiary/aromatic N) is 1. The Hall–Kier alpha value is -1.13. The van der Waals surface area contributed by atoms with E-state index in [-0.39, 0.29) is 23.6 Å². The van der Waals surface area contributed by atoms with Crippen molar-refractivity contribution >= 4 is 17.5 Å². The van der Waals surface area contributed by atoms with Gasteiger partial charge in [-0.2, -0.15) is 0 Å². The summed E-state index contributed by atoms with van der Waals surface area (Å²) in [6.07, 6.45) is 3.26. The number of rotatable bonds is 2. The molecular formula is C16H19ClFNO2. The zero-order chi connectivity index (χ0) is 15.1. The molecule has 2 saturated carbocycles. The van der Waals surface area contributed by atoms with Crippen molar-refractivity contribution in [2.45, 2.75) is 37.8 Å². The van der Waals surface area contributed by atoms with E-state index >= 15 is 0 Å². The number of benzene rings is 1. The van der Waals surface area contributed by atoms with Crippen LogP contribution in [0.15, 0.2) is 18.2 Å². The molecule has 1 N–H and O–H groups in total. The van der Waals surface area contributed by atoms with Crippen LogP contribution in [0.3, 0.4) is 0 Å². The van der Waals surface area contributed by atoms with Crippen LogP contribution >= 0.6 is 11.6 Å². The van der Waals surface area contributed by atoms with Crippen molar-refractivity contribution in [1.29, 1.82) is 0 Å². The van der Waals surface area contributed by atoms with Gasteiger partial charge >= 0.3 is 0 Å². The number of fused-ring (bicyclic) bond motifs is 1. The Morgan fingerprint density at radius 1 is 1.29 bits per heavy atom. The highest BCUT2D eigenvalue weighted by molar-refractivity contribution is 6.31. The fraction of sp³-hybridized carbons (Fsp3) is 0.562. The summed E-state index contributed by atoms with van der Waals surface area (Å²) in [6.45, 7) is 0. The van der Waals surface area contributed by atoms with Crippen molar-refractivity contribution in [1.82, 2.24) is 4.90 Å². The van der Waals surface area contributed by atoms with Gasteiger partial charge in [0.1, 0.15) is 5.82 Å². The van der Waals surface area contributed by atoms with Gasteiger partial charge in [0.15, 0.2) is 0 Å². The van der Waals surface area contributed by atoms with Gasteiger partial charge in [-0.25, -0.2) is 4.39 Å². The van der Waals surface area contributed by atoms with Crippen LogP contribution in [-0.4, -0.2) is 35.1 Å². The molecule has 2 aliphatic carbocycles. The lowest BCUT2D eigenvalue weighted by molar-refractivity contribution is 0.0717. The zero-order valence-electron chi connectivity index (χ0n) is 11.9. The van der Waals surface area contributed by atoms with Gasteiger partial charge in [0, 0.05) is 18.1 Å². The molecule has 2 aliphatic rings. The standard InChI is InChI=1S/C16H19ClFNO2/c1-19(12-4-9-6-13(20)7-10(9)5-12)16(21)14-8-11(17)2-3-15(14)18/h2-3,8-10,12-13,20H,4-7H2,1H3/t9-,10+,12?,13?. The minimum absolute atomic E-state index is 0.0297. The van der Waals surface area contributed by atoms with Crippen LogP contribution in [-0.2, 0) is 0 Å². The van der Waals surface area contributed by atoms with Gasteiger partial charge < -0.3 is 10.0 Å². The monoisotopic (exact) mass is 311 g/mol. The summed E-state index contributed by atoms with van der Waals surface area (Å²) in [5.74, 6) is 0.124. The van der Waals surface area contributed by atoms with Crippen molar-refractivity contribution in [2.24, 2.45) is 11.8 Å². The van der Waals surface area contributed by atoms with Crippen LogP contribution < -0.4 is 0 Å². The molecule has 2 unspecified atom stereocenters. The van der Waals surface area contributed by atoms with Crippen LogP contribution in [0.2, 0.25) is 5.02 Å². The van der Waals surface area contributed by atoms with Gasteiger partial charge in [-0.15, -0.1) is 0 Å². The minimum Gasteiger partial charge on any atom is -0.393 e. The molecule has 4 atom stereocenters. The lowest BCUT2D eigenvalue weighted by Gasteiger charge is -2.26. The SMILES string of the molecule is CN(C(=O)c1cc(Cl)ccc1F)C1C[C@H]2CC(O)C[C@H]2C1. The van der Waals surface area contributed by atoms with E-state index in [1.54, 1.807) is 11.9 Å². The Bertz CT molecular complexity index is 551. The lowest BCUT2D eigenvalue weighted by Crippen LogP contribution is -2.36. The van der Waals surface area contributed by atoms with E-state index in [1.165, 1.54) is 18.2 Å². The third-order valence-electron chi connectivity index (χ3n) is 4.99. The van der Waals surface area contributed by atoms with Gasteiger partial charge in [-0.1, -0.05) is 11.6 Å². The second-order valence-electron chi connectivity index (χ2n) is 6.31. The molecule has 1 amide bonds. The smallest absolute Gasteiger partial charge is 0.256 e. The summed E-state index contributed by atoms with van der Waals surface area (Å²) in [5.41, 5.74) is 0.0297. The predicted molar refractivity (Wildman–Crippen MR) is 78.7 cm³/mol. The maximum absolute atomic E-state index is 13.8. The molecule has 5 heteroatoms. The molecule has 1 aromatic carbocycles. The third-order valence-corrected chi connectivity index (χ3v) is 5.23. The normalized spacial score (nSPS) is 31.2. The molecule has 0 bridgehead atoms. The number of carbonyl (C=O) groups is 1. The van der Waals surface area contributed by atoms with Crippen LogP contribution in [0.25, 0.3) is 0 Å². The predicted octanol–water partition coefficient (Wildman–Crippen LogP) is 3.10. The third kappa shape index (κ3) is 2.79. The van der Waals surface area contributed by atoms with Crippen molar-refractivity contribution in [3.63, 3.8) is 0 Å². The lowest BCUT2D eigenvalue weighted by atomic mass is 10.0. The topological polar surface area (TPSA) is 40.5 Å². The number of carbonyl (C=O) groups excluding carboxylic acids is 1.